The molecule has 0 radical (unpaired) electrons. The van der Waals surface area contributed by atoms with Gasteiger partial charge in [-0.05, 0) is 123 Å². The Morgan fingerprint density at radius 3 is 2.36 bits per heavy atom. The van der Waals surface area contributed by atoms with Gasteiger partial charge in [-0.2, -0.15) is 0 Å². The quantitative estimate of drug-likeness (QED) is 0.255. The molecule has 1 saturated heterocycles. The molecule has 6 rings (SSSR count). The van der Waals surface area contributed by atoms with Gasteiger partial charge in [0, 0.05) is 0 Å². The van der Waals surface area contributed by atoms with Gasteiger partial charge in [0.05, 0.1) is 18.8 Å². The molecule has 1 aliphatic heterocycles. The number of aliphatic hydroxyl groups is 2. The van der Waals surface area contributed by atoms with Crippen LogP contribution in [0, 0.1) is 52.3 Å². The number of ether oxygens (including phenoxy) is 3. The van der Waals surface area contributed by atoms with Crippen LogP contribution in [0.2, 0.25) is 0 Å². The van der Waals surface area contributed by atoms with Crippen molar-refractivity contribution in [3.63, 3.8) is 0 Å². The number of hydrogen-bond donors (Lipinski definition) is 2. The Balaban J connectivity index is 1.08. The van der Waals surface area contributed by atoms with Gasteiger partial charge in [0.15, 0.2) is 6.29 Å². The fraction of sp³-hybridized carbons (Fsp3) is 0.850. The molecule has 4 saturated carbocycles. The molecule has 0 amide bonds. The molecule has 5 nitrogen and oxygen atoms in total. The fourth-order valence-electron chi connectivity index (χ4n) is 11.6. The van der Waals surface area contributed by atoms with Gasteiger partial charge in [0.25, 0.3) is 0 Å². The first kappa shape index (κ1) is 33.9. The maximum atomic E-state index is 11.0. The molecule has 254 valence electrons. The lowest BCUT2D eigenvalue weighted by Gasteiger charge is -2.61. The Labute approximate surface area is 274 Å². The molecular formula is C40H64O5. The zero-order valence-electron chi connectivity index (χ0n) is 29.2. The van der Waals surface area contributed by atoms with Gasteiger partial charge in [-0.25, -0.2) is 0 Å². The van der Waals surface area contributed by atoms with Gasteiger partial charge in [-0.1, -0.05) is 84.2 Å². The van der Waals surface area contributed by atoms with E-state index in [1.165, 1.54) is 64.2 Å². The Bertz CT molecular complexity index is 1090. The molecule has 5 aliphatic rings. The van der Waals surface area contributed by atoms with E-state index in [1.54, 1.807) is 0 Å². The van der Waals surface area contributed by atoms with Crippen LogP contribution in [0.15, 0.2) is 30.3 Å². The predicted octanol–water partition coefficient (Wildman–Crippen LogP) is 8.54. The first-order valence-electron chi connectivity index (χ1n) is 18.8. The maximum Gasteiger partial charge on any atom is 0.187 e. The topological polar surface area (TPSA) is 68.2 Å². The molecule has 0 spiro atoms. The molecule has 1 aromatic rings. The SMILES string of the molecule is CC(C)CCC[C@@H](C)[C@H]1CC[C@H]2[C@@H]3CC[C@H]4C[C@@H](O[C@H]5O[C@@H](C)[C@H](O)[C@@H](O)[C@H]5OCc5ccccc5)CC[C@]4(C)[C@H]3CC[C@]12C. The number of rotatable bonds is 10. The lowest BCUT2D eigenvalue weighted by molar-refractivity contribution is -0.319. The van der Waals surface area contributed by atoms with E-state index in [-0.39, 0.29) is 6.10 Å². The maximum absolute atomic E-state index is 11.0. The summed E-state index contributed by atoms with van der Waals surface area (Å²) in [7, 11) is 0. The average Bonchev–Trinajstić information content (AvgIpc) is 3.37. The van der Waals surface area contributed by atoms with Crippen LogP contribution in [0.4, 0.5) is 0 Å². The van der Waals surface area contributed by atoms with Crippen LogP contribution in [-0.2, 0) is 20.8 Å². The summed E-state index contributed by atoms with van der Waals surface area (Å²) in [5.41, 5.74) is 1.96. The second-order valence-electron chi connectivity index (χ2n) is 17.2. The van der Waals surface area contributed by atoms with Crippen molar-refractivity contribution in [3.8, 4) is 0 Å². The highest BCUT2D eigenvalue weighted by Crippen LogP contribution is 2.68. The van der Waals surface area contributed by atoms with Crippen molar-refractivity contribution >= 4 is 0 Å². The van der Waals surface area contributed by atoms with Crippen LogP contribution in [0.3, 0.4) is 0 Å². The van der Waals surface area contributed by atoms with Crippen molar-refractivity contribution in [2.45, 2.75) is 162 Å². The molecule has 0 bridgehead atoms. The van der Waals surface area contributed by atoms with E-state index in [4.69, 9.17) is 14.2 Å². The molecule has 4 aliphatic carbocycles. The summed E-state index contributed by atoms with van der Waals surface area (Å²) in [5.74, 6) is 5.92. The Morgan fingerprint density at radius 2 is 1.60 bits per heavy atom. The first-order valence-corrected chi connectivity index (χ1v) is 18.8. The molecule has 5 fully saturated rings. The Hall–Kier alpha value is -0.980. The van der Waals surface area contributed by atoms with Crippen molar-refractivity contribution in [2.24, 2.45) is 52.3 Å². The molecule has 2 N–H and O–H groups in total. The van der Waals surface area contributed by atoms with Crippen LogP contribution in [0.5, 0.6) is 0 Å². The molecule has 45 heavy (non-hydrogen) atoms. The summed E-state index contributed by atoms with van der Waals surface area (Å²) in [5, 5.41) is 21.6. The zero-order chi connectivity index (χ0) is 31.9. The van der Waals surface area contributed by atoms with E-state index in [0.717, 1.165) is 53.9 Å². The summed E-state index contributed by atoms with van der Waals surface area (Å²) in [6, 6.07) is 9.97. The van der Waals surface area contributed by atoms with Crippen molar-refractivity contribution in [1.29, 1.82) is 0 Å². The molecular weight excluding hydrogens is 560 g/mol. The molecule has 14 atom stereocenters. The van der Waals surface area contributed by atoms with Crippen molar-refractivity contribution in [2.75, 3.05) is 0 Å². The summed E-state index contributed by atoms with van der Waals surface area (Å²) < 4.78 is 19.1. The molecule has 1 aromatic carbocycles. The van der Waals surface area contributed by atoms with Crippen molar-refractivity contribution in [1.82, 2.24) is 0 Å². The van der Waals surface area contributed by atoms with Crippen molar-refractivity contribution in [3.05, 3.63) is 35.9 Å². The van der Waals surface area contributed by atoms with E-state index in [9.17, 15) is 10.2 Å². The third-order valence-electron chi connectivity index (χ3n) is 14.2. The highest BCUT2D eigenvalue weighted by atomic mass is 16.7. The molecule has 5 heteroatoms. The molecule has 0 unspecified atom stereocenters. The lowest BCUT2D eigenvalue weighted by atomic mass is 9.44. The summed E-state index contributed by atoms with van der Waals surface area (Å²) in [4.78, 5) is 0. The standard InChI is InChI=1S/C40H64O5/c1-25(2)11-10-12-26(3)32-17-18-33-31-16-15-29-23-30(19-21-39(29,5)34(31)20-22-40(32,33)6)45-38-37(36(42)35(41)27(4)44-38)43-24-28-13-8-7-9-14-28/h7-9,13-14,25-27,29-38,41-42H,10-12,15-24H2,1-6H3/t26-,27+,29+,30+,31+,32-,33+,34+,35+,36-,37-,38-,39+,40-/m1/s1. The van der Waals surface area contributed by atoms with Gasteiger partial charge in [-0.15, -0.1) is 0 Å². The summed E-state index contributed by atoms with van der Waals surface area (Å²) in [6.45, 7) is 14.8. The van der Waals surface area contributed by atoms with Crippen LogP contribution >= 0.6 is 0 Å². The first-order chi connectivity index (χ1) is 21.5. The normalized spacial score (nSPS) is 45.5. The second-order valence-corrected chi connectivity index (χ2v) is 17.2. The number of aliphatic hydroxyl groups excluding tert-OH is 2. The third-order valence-corrected chi connectivity index (χ3v) is 14.2. The fourth-order valence-corrected chi connectivity index (χ4v) is 11.6. The van der Waals surface area contributed by atoms with Crippen LogP contribution in [0.1, 0.15) is 124 Å². The largest absolute Gasteiger partial charge is 0.388 e. The number of fused-ring (bicyclic) bond motifs is 5. The molecule has 0 aromatic heterocycles. The number of benzene rings is 1. The van der Waals surface area contributed by atoms with Gasteiger partial charge in [-0.3, -0.25) is 0 Å². The van der Waals surface area contributed by atoms with Crippen LogP contribution in [-0.4, -0.2) is 47.0 Å². The minimum absolute atomic E-state index is 0.0958. The summed E-state index contributed by atoms with van der Waals surface area (Å²) >= 11 is 0. The van der Waals surface area contributed by atoms with Gasteiger partial charge in [0.1, 0.15) is 18.3 Å². The van der Waals surface area contributed by atoms with E-state index >= 15 is 0 Å². The van der Waals surface area contributed by atoms with Crippen LogP contribution in [0.25, 0.3) is 0 Å². The minimum atomic E-state index is -1.04. The van der Waals surface area contributed by atoms with Crippen LogP contribution < -0.4 is 0 Å². The second kappa shape index (κ2) is 13.9. The van der Waals surface area contributed by atoms with Crippen molar-refractivity contribution < 1.29 is 24.4 Å². The van der Waals surface area contributed by atoms with E-state index in [1.807, 2.05) is 37.3 Å². The monoisotopic (exact) mass is 624 g/mol. The molecule has 1 heterocycles. The van der Waals surface area contributed by atoms with Gasteiger partial charge in [0.2, 0.25) is 0 Å². The smallest absolute Gasteiger partial charge is 0.187 e. The van der Waals surface area contributed by atoms with Gasteiger partial charge < -0.3 is 24.4 Å². The highest BCUT2D eigenvalue weighted by molar-refractivity contribution is 5.14. The summed E-state index contributed by atoms with van der Waals surface area (Å²) in [6.07, 6.45) is 12.1. The Kier molecular flexibility index (Phi) is 10.4. The number of hydrogen-bond acceptors (Lipinski definition) is 5. The highest BCUT2D eigenvalue weighted by Gasteiger charge is 2.61. The predicted molar refractivity (Wildman–Crippen MR) is 179 cm³/mol. The van der Waals surface area contributed by atoms with E-state index in [2.05, 4.69) is 34.6 Å². The van der Waals surface area contributed by atoms with E-state index in [0.29, 0.717) is 23.4 Å². The minimum Gasteiger partial charge on any atom is -0.388 e. The average molecular weight is 625 g/mol. The zero-order valence-corrected chi connectivity index (χ0v) is 29.2. The van der Waals surface area contributed by atoms with E-state index < -0.39 is 30.7 Å². The Morgan fingerprint density at radius 1 is 0.867 bits per heavy atom. The third kappa shape index (κ3) is 6.69. The lowest BCUT2D eigenvalue weighted by Crippen LogP contribution is -2.59. The van der Waals surface area contributed by atoms with Gasteiger partial charge >= 0.3 is 0 Å².